The lowest BCUT2D eigenvalue weighted by Gasteiger charge is -2.35. The summed E-state index contributed by atoms with van der Waals surface area (Å²) in [7, 11) is -3.22. The Morgan fingerprint density at radius 3 is 2.32 bits per heavy atom. The van der Waals surface area contributed by atoms with Gasteiger partial charge in [0.15, 0.2) is 0 Å². The quantitative estimate of drug-likeness (QED) is 0.451. The maximum Gasteiger partial charge on any atom is 0.331 e. The molecule has 0 unspecified atom stereocenters. The molecule has 3 aromatic carbocycles. The van der Waals surface area contributed by atoms with E-state index in [0.29, 0.717) is 28.4 Å². The topological polar surface area (TPSA) is 97.2 Å². The lowest BCUT2D eigenvalue weighted by Crippen LogP contribution is -2.31. The van der Waals surface area contributed by atoms with Crippen LogP contribution in [-0.2, 0) is 0 Å². The lowest BCUT2D eigenvalue weighted by atomic mass is 10.2. The number of hydrogen-bond donors (Lipinski definition) is 4. The number of rotatable bonds is 3. The molecule has 4 N–H and O–H groups in total. The van der Waals surface area contributed by atoms with Crippen LogP contribution in [0.3, 0.4) is 0 Å². The third-order valence-electron chi connectivity index (χ3n) is 4.09. The van der Waals surface area contributed by atoms with Crippen LogP contribution in [0.5, 0.6) is 0 Å². The van der Waals surface area contributed by atoms with Gasteiger partial charge in [0.05, 0.1) is 17.1 Å². The first kappa shape index (κ1) is 18.1. The van der Waals surface area contributed by atoms with Crippen molar-refractivity contribution in [1.82, 2.24) is 0 Å². The van der Waals surface area contributed by atoms with Crippen LogP contribution in [0.2, 0.25) is 0 Å². The van der Waals surface area contributed by atoms with Gasteiger partial charge < -0.3 is 5.32 Å². The summed E-state index contributed by atoms with van der Waals surface area (Å²) < 4.78 is 22.8. The molecule has 0 bridgehead atoms. The van der Waals surface area contributed by atoms with E-state index in [-0.39, 0.29) is 0 Å². The molecule has 8 heteroatoms. The second kappa shape index (κ2) is 7.35. The van der Waals surface area contributed by atoms with Crippen LogP contribution in [0, 0.1) is 0 Å². The van der Waals surface area contributed by atoms with Crippen LogP contribution in [0.4, 0.5) is 33.2 Å². The highest BCUT2D eigenvalue weighted by Gasteiger charge is 2.26. The number of para-hydroxylation sites is 3. The van der Waals surface area contributed by atoms with Crippen molar-refractivity contribution in [1.29, 1.82) is 0 Å². The molecule has 0 spiro atoms. The van der Waals surface area contributed by atoms with Crippen molar-refractivity contribution in [3.8, 4) is 0 Å². The number of benzene rings is 3. The molecule has 0 radical (unpaired) electrons. The average Bonchev–Trinajstić information content (AvgIpc) is 2.69. The molecule has 28 heavy (non-hydrogen) atoms. The highest BCUT2D eigenvalue weighted by molar-refractivity contribution is 8.36. The average molecular weight is 394 g/mol. The van der Waals surface area contributed by atoms with Crippen LogP contribution in [0.1, 0.15) is 0 Å². The van der Waals surface area contributed by atoms with Gasteiger partial charge in [0.25, 0.3) is 0 Å². The fraction of sp³-hybridized carbons (Fsp3) is 0. The summed E-state index contributed by atoms with van der Waals surface area (Å²) in [5, 5.41) is 2.87. The molecule has 0 atom stereocenters. The standard InChI is InChI=1S/C20H18N4O3S/c25-20(22-15-8-3-1-4-9-15)24(16-10-5-2-6-11-16)18-13-7-12-17-19(18)23-28(26,27)14-21-17/h1-14,23,26-27H,(H,22,25). The lowest BCUT2D eigenvalue weighted by molar-refractivity contribution is 0.259. The largest absolute Gasteiger partial charge is 0.331 e. The number of aliphatic imine (C=N–C) groups is 1. The first-order valence-corrected chi connectivity index (χ1v) is 10.1. The number of hydrogen-bond acceptors (Lipinski definition) is 5. The Bertz CT molecular complexity index is 1030. The number of nitrogens with one attached hydrogen (secondary N) is 2. The molecule has 3 aromatic rings. The van der Waals surface area contributed by atoms with Crippen LogP contribution in [-0.4, -0.2) is 20.7 Å². The predicted octanol–water partition coefficient (Wildman–Crippen LogP) is 5.81. The van der Waals surface area contributed by atoms with Crippen LogP contribution in [0.15, 0.2) is 83.9 Å². The van der Waals surface area contributed by atoms with Crippen molar-refractivity contribution < 1.29 is 13.9 Å². The smallest absolute Gasteiger partial charge is 0.307 e. The minimum Gasteiger partial charge on any atom is -0.307 e. The monoisotopic (exact) mass is 394 g/mol. The molecule has 0 fully saturated rings. The van der Waals surface area contributed by atoms with Crippen LogP contribution >= 0.6 is 10.8 Å². The van der Waals surface area contributed by atoms with Gasteiger partial charge in [-0.1, -0.05) is 53.2 Å². The maximum atomic E-state index is 13.2. The third-order valence-corrected chi connectivity index (χ3v) is 5.00. The molecule has 0 aliphatic carbocycles. The van der Waals surface area contributed by atoms with E-state index in [1.54, 1.807) is 42.5 Å². The number of anilines is 4. The summed E-state index contributed by atoms with van der Waals surface area (Å²) >= 11 is 0. The SMILES string of the molecule is O=C(Nc1ccccc1)N(c1ccccc1)c1cccc2c1NS(O)(O)C=N2. The van der Waals surface area contributed by atoms with Crippen molar-refractivity contribution in [3.63, 3.8) is 0 Å². The molecule has 1 heterocycles. The number of fused-ring (bicyclic) bond motifs is 1. The van der Waals surface area contributed by atoms with Crippen LogP contribution in [0.25, 0.3) is 0 Å². The Hall–Kier alpha value is -3.33. The summed E-state index contributed by atoms with van der Waals surface area (Å²) in [5.74, 6) is 0. The molecule has 0 saturated carbocycles. The second-order valence-corrected chi connectivity index (χ2v) is 7.67. The Morgan fingerprint density at radius 1 is 0.929 bits per heavy atom. The van der Waals surface area contributed by atoms with Gasteiger partial charge in [-0.15, -0.1) is 0 Å². The zero-order valence-electron chi connectivity index (χ0n) is 14.7. The van der Waals surface area contributed by atoms with Crippen molar-refractivity contribution in [2.45, 2.75) is 0 Å². The van der Waals surface area contributed by atoms with E-state index in [0.717, 1.165) is 5.55 Å². The summed E-state index contributed by atoms with van der Waals surface area (Å²) in [4.78, 5) is 18.8. The van der Waals surface area contributed by atoms with Crippen molar-refractivity contribution in [2.24, 2.45) is 4.99 Å². The van der Waals surface area contributed by atoms with Gasteiger partial charge in [0.2, 0.25) is 0 Å². The van der Waals surface area contributed by atoms with E-state index >= 15 is 0 Å². The number of urea groups is 1. The van der Waals surface area contributed by atoms with Gasteiger partial charge in [0.1, 0.15) is 11.2 Å². The highest BCUT2D eigenvalue weighted by Crippen LogP contribution is 2.49. The van der Waals surface area contributed by atoms with Gasteiger partial charge >= 0.3 is 6.03 Å². The molecular weight excluding hydrogens is 376 g/mol. The Labute approximate surface area is 163 Å². The van der Waals surface area contributed by atoms with Crippen molar-refractivity contribution in [2.75, 3.05) is 14.9 Å². The van der Waals surface area contributed by atoms with E-state index in [9.17, 15) is 13.9 Å². The maximum absolute atomic E-state index is 13.2. The molecule has 0 saturated heterocycles. The van der Waals surface area contributed by atoms with E-state index < -0.39 is 16.8 Å². The van der Waals surface area contributed by atoms with Gasteiger partial charge in [-0.25, -0.2) is 9.79 Å². The Balaban J connectivity index is 1.80. The van der Waals surface area contributed by atoms with Crippen molar-refractivity contribution in [3.05, 3.63) is 78.9 Å². The summed E-state index contributed by atoms with van der Waals surface area (Å²) in [6.45, 7) is 0. The number of carbonyl (C=O) groups excluding carboxylic acids is 1. The molecule has 1 aliphatic rings. The minimum absolute atomic E-state index is 0.372. The molecule has 2 amide bonds. The summed E-state index contributed by atoms with van der Waals surface area (Å²) in [6.07, 6.45) is 0. The fourth-order valence-electron chi connectivity index (χ4n) is 2.88. The highest BCUT2D eigenvalue weighted by atomic mass is 32.3. The minimum atomic E-state index is -3.22. The Morgan fingerprint density at radius 2 is 1.61 bits per heavy atom. The first-order valence-electron chi connectivity index (χ1n) is 8.48. The van der Waals surface area contributed by atoms with Gasteiger partial charge in [-0.2, -0.15) is 0 Å². The molecule has 0 aromatic heterocycles. The van der Waals surface area contributed by atoms with Crippen LogP contribution < -0.4 is 14.9 Å². The Kier molecular flexibility index (Phi) is 4.74. The third kappa shape index (κ3) is 3.70. The summed E-state index contributed by atoms with van der Waals surface area (Å²) in [6, 6.07) is 23.0. The van der Waals surface area contributed by atoms with Gasteiger partial charge in [0, 0.05) is 5.69 Å². The molecule has 7 nitrogen and oxygen atoms in total. The normalized spacial score (nSPS) is 15.1. The zero-order valence-corrected chi connectivity index (χ0v) is 15.5. The molecule has 4 rings (SSSR count). The fourth-order valence-corrected chi connectivity index (χ4v) is 3.70. The molecule has 142 valence electrons. The van der Waals surface area contributed by atoms with E-state index in [1.165, 1.54) is 4.90 Å². The molecule has 1 aliphatic heterocycles. The number of carbonyl (C=O) groups is 1. The number of amides is 2. The first-order chi connectivity index (χ1) is 13.5. The number of nitrogens with zero attached hydrogens (tertiary/aromatic N) is 2. The van der Waals surface area contributed by atoms with Gasteiger partial charge in [-0.3, -0.25) is 18.7 Å². The van der Waals surface area contributed by atoms with E-state index in [2.05, 4.69) is 15.0 Å². The van der Waals surface area contributed by atoms with Gasteiger partial charge in [-0.05, 0) is 36.4 Å². The predicted molar refractivity (Wildman–Crippen MR) is 115 cm³/mol. The zero-order chi connectivity index (χ0) is 19.6. The van der Waals surface area contributed by atoms with E-state index in [1.807, 2.05) is 36.4 Å². The summed E-state index contributed by atoms with van der Waals surface area (Å²) in [5.41, 5.74) is 3.68. The molecular formula is C20H18N4O3S. The van der Waals surface area contributed by atoms with E-state index in [4.69, 9.17) is 0 Å². The van der Waals surface area contributed by atoms with Crippen molar-refractivity contribution >= 4 is 50.8 Å². The second-order valence-electron chi connectivity index (χ2n) is 6.07.